The van der Waals surface area contributed by atoms with Gasteiger partial charge in [-0.2, -0.15) is 0 Å². The molecular formula is C12H15FO4. The standard InChI is InChI=1S/C12H15FO4/c1-6-4-7(9(13)11(17)10(6)16)12(2,3)5-8(14)15/h4,16-17H,5H2,1-3H3,(H,14,15). The van der Waals surface area contributed by atoms with E-state index in [0.29, 0.717) is 5.56 Å². The highest BCUT2D eigenvalue weighted by Crippen LogP contribution is 2.39. The Labute approximate surface area is 98.3 Å². The molecule has 0 aliphatic heterocycles. The number of aryl methyl sites for hydroxylation is 1. The Kier molecular flexibility index (Phi) is 3.31. The summed E-state index contributed by atoms with van der Waals surface area (Å²) >= 11 is 0. The molecule has 0 heterocycles. The van der Waals surface area contributed by atoms with Crippen LogP contribution in [0.15, 0.2) is 6.07 Å². The minimum Gasteiger partial charge on any atom is -0.504 e. The number of phenols is 2. The molecule has 0 aliphatic rings. The van der Waals surface area contributed by atoms with Gasteiger partial charge in [-0.05, 0) is 24.1 Å². The van der Waals surface area contributed by atoms with Crippen LogP contribution in [0.5, 0.6) is 11.5 Å². The second kappa shape index (κ2) is 4.24. The largest absolute Gasteiger partial charge is 0.504 e. The van der Waals surface area contributed by atoms with Gasteiger partial charge in [0.25, 0.3) is 0 Å². The number of hydrogen-bond donors (Lipinski definition) is 3. The third-order valence-corrected chi connectivity index (χ3v) is 2.73. The zero-order chi connectivity index (χ0) is 13.4. The molecule has 0 saturated heterocycles. The van der Waals surface area contributed by atoms with E-state index in [9.17, 15) is 19.4 Å². The van der Waals surface area contributed by atoms with Crippen LogP contribution in [-0.2, 0) is 10.2 Å². The fourth-order valence-corrected chi connectivity index (χ4v) is 1.73. The number of carbonyl (C=O) groups is 1. The summed E-state index contributed by atoms with van der Waals surface area (Å²) in [5.74, 6) is -3.38. The molecule has 0 spiro atoms. The van der Waals surface area contributed by atoms with Crippen LogP contribution in [0.2, 0.25) is 0 Å². The first-order valence-corrected chi connectivity index (χ1v) is 5.10. The lowest BCUT2D eigenvalue weighted by atomic mass is 9.80. The first kappa shape index (κ1) is 13.3. The van der Waals surface area contributed by atoms with Crippen molar-refractivity contribution in [2.45, 2.75) is 32.6 Å². The van der Waals surface area contributed by atoms with Gasteiger partial charge in [0.2, 0.25) is 0 Å². The normalized spacial score (nSPS) is 11.5. The minimum absolute atomic E-state index is 0.0766. The Morgan fingerprint density at radius 2 is 1.88 bits per heavy atom. The average Bonchev–Trinajstić information content (AvgIpc) is 2.18. The van der Waals surface area contributed by atoms with Crippen LogP contribution in [0.3, 0.4) is 0 Å². The van der Waals surface area contributed by atoms with Crippen LogP contribution in [0.4, 0.5) is 4.39 Å². The molecule has 0 aromatic heterocycles. The maximum absolute atomic E-state index is 13.8. The number of carboxylic acids is 1. The fraction of sp³-hybridized carbons (Fsp3) is 0.417. The molecule has 1 aromatic carbocycles. The van der Waals surface area contributed by atoms with E-state index in [1.807, 2.05) is 0 Å². The maximum atomic E-state index is 13.8. The second-order valence-electron chi connectivity index (χ2n) is 4.71. The zero-order valence-electron chi connectivity index (χ0n) is 9.91. The molecule has 0 aliphatic carbocycles. The van der Waals surface area contributed by atoms with E-state index in [-0.39, 0.29) is 12.0 Å². The van der Waals surface area contributed by atoms with Crippen molar-refractivity contribution in [3.05, 3.63) is 23.0 Å². The molecule has 1 aromatic rings. The first-order valence-electron chi connectivity index (χ1n) is 5.10. The molecule has 0 amide bonds. The number of phenolic OH excluding ortho intramolecular Hbond substituents is 2. The first-order chi connectivity index (χ1) is 7.66. The van der Waals surface area contributed by atoms with E-state index in [1.54, 1.807) is 13.8 Å². The third-order valence-electron chi connectivity index (χ3n) is 2.73. The van der Waals surface area contributed by atoms with E-state index in [0.717, 1.165) is 0 Å². The number of halogens is 1. The van der Waals surface area contributed by atoms with Crippen molar-refractivity contribution in [1.29, 1.82) is 0 Å². The van der Waals surface area contributed by atoms with Gasteiger partial charge in [0.1, 0.15) is 0 Å². The number of carboxylic acid groups (broad SMARTS) is 1. The van der Waals surface area contributed by atoms with E-state index >= 15 is 0 Å². The van der Waals surface area contributed by atoms with Crippen molar-refractivity contribution in [2.75, 3.05) is 0 Å². The Hall–Kier alpha value is -1.78. The summed E-state index contributed by atoms with van der Waals surface area (Å²) in [6, 6.07) is 1.35. The SMILES string of the molecule is Cc1cc(C(C)(C)CC(=O)O)c(F)c(O)c1O. The summed E-state index contributed by atoms with van der Waals surface area (Å²) in [6.07, 6.45) is -0.270. The van der Waals surface area contributed by atoms with Crippen molar-refractivity contribution >= 4 is 5.97 Å². The lowest BCUT2D eigenvalue weighted by Crippen LogP contribution is -2.23. The lowest BCUT2D eigenvalue weighted by molar-refractivity contribution is -0.138. The molecule has 0 unspecified atom stereocenters. The van der Waals surface area contributed by atoms with Gasteiger partial charge < -0.3 is 15.3 Å². The van der Waals surface area contributed by atoms with Gasteiger partial charge in [0, 0.05) is 5.41 Å². The van der Waals surface area contributed by atoms with Crippen molar-refractivity contribution < 1.29 is 24.5 Å². The predicted molar refractivity (Wildman–Crippen MR) is 59.7 cm³/mol. The number of rotatable bonds is 3. The van der Waals surface area contributed by atoms with Gasteiger partial charge in [0.15, 0.2) is 17.3 Å². The summed E-state index contributed by atoms with van der Waals surface area (Å²) < 4.78 is 13.8. The number of benzene rings is 1. The lowest BCUT2D eigenvalue weighted by Gasteiger charge is -2.24. The highest BCUT2D eigenvalue weighted by atomic mass is 19.1. The summed E-state index contributed by atoms with van der Waals surface area (Å²) in [4.78, 5) is 10.7. The molecular weight excluding hydrogens is 227 g/mol. The molecule has 17 heavy (non-hydrogen) atoms. The Morgan fingerprint density at radius 1 is 1.35 bits per heavy atom. The van der Waals surface area contributed by atoms with E-state index in [2.05, 4.69) is 0 Å². The topological polar surface area (TPSA) is 77.8 Å². The summed E-state index contributed by atoms with van der Waals surface area (Å²) in [5, 5.41) is 27.5. The molecule has 0 radical (unpaired) electrons. The zero-order valence-corrected chi connectivity index (χ0v) is 9.91. The highest BCUT2D eigenvalue weighted by Gasteiger charge is 2.30. The summed E-state index contributed by atoms with van der Waals surface area (Å²) in [6.45, 7) is 4.64. The molecule has 94 valence electrons. The average molecular weight is 242 g/mol. The van der Waals surface area contributed by atoms with Crippen LogP contribution in [0, 0.1) is 12.7 Å². The molecule has 1 rings (SSSR count). The van der Waals surface area contributed by atoms with Crippen LogP contribution in [0.25, 0.3) is 0 Å². The Bertz CT molecular complexity index is 466. The van der Waals surface area contributed by atoms with Gasteiger partial charge in [-0.1, -0.05) is 13.8 Å². The smallest absolute Gasteiger partial charge is 0.304 e. The van der Waals surface area contributed by atoms with Gasteiger partial charge in [-0.25, -0.2) is 4.39 Å². The van der Waals surface area contributed by atoms with Gasteiger partial charge in [-0.3, -0.25) is 4.79 Å². The van der Waals surface area contributed by atoms with E-state index in [1.165, 1.54) is 13.0 Å². The van der Waals surface area contributed by atoms with Gasteiger partial charge in [0.05, 0.1) is 6.42 Å². The second-order valence-corrected chi connectivity index (χ2v) is 4.71. The number of aliphatic carboxylic acids is 1. The van der Waals surface area contributed by atoms with Crippen LogP contribution in [-0.4, -0.2) is 21.3 Å². The highest BCUT2D eigenvalue weighted by molar-refractivity contribution is 5.69. The van der Waals surface area contributed by atoms with Crippen LogP contribution < -0.4 is 0 Å². The predicted octanol–water partition coefficient (Wildman–Crippen LogP) is 2.30. The summed E-state index contributed by atoms with van der Waals surface area (Å²) in [5.41, 5.74) is -0.587. The van der Waals surface area contributed by atoms with E-state index in [4.69, 9.17) is 5.11 Å². The van der Waals surface area contributed by atoms with Crippen molar-refractivity contribution in [1.82, 2.24) is 0 Å². The molecule has 5 heteroatoms. The third kappa shape index (κ3) is 2.49. The Morgan fingerprint density at radius 3 is 2.35 bits per heavy atom. The maximum Gasteiger partial charge on any atom is 0.304 e. The minimum atomic E-state index is -1.06. The van der Waals surface area contributed by atoms with E-state index < -0.39 is 28.7 Å². The summed E-state index contributed by atoms with van der Waals surface area (Å²) in [7, 11) is 0. The van der Waals surface area contributed by atoms with Crippen molar-refractivity contribution in [3.8, 4) is 11.5 Å². The molecule has 3 N–H and O–H groups in total. The van der Waals surface area contributed by atoms with Gasteiger partial charge in [-0.15, -0.1) is 0 Å². The molecule has 0 bridgehead atoms. The van der Waals surface area contributed by atoms with Crippen molar-refractivity contribution in [3.63, 3.8) is 0 Å². The number of aromatic hydroxyl groups is 2. The molecule has 0 atom stereocenters. The molecule has 0 fully saturated rings. The fourth-order valence-electron chi connectivity index (χ4n) is 1.73. The molecule has 0 saturated carbocycles. The van der Waals surface area contributed by atoms with Gasteiger partial charge >= 0.3 is 5.97 Å². The van der Waals surface area contributed by atoms with Crippen molar-refractivity contribution in [2.24, 2.45) is 0 Å². The van der Waals surface area contributed by atoms with Crippen LogP contribution >= 0.6 is 0 Å². The Balaban J connectivity index is 3.37. The number of hydrogen-bond acceptors (Lipinski definition) is 3. The monoisotopic (exact) mass is 242 g/mol. The van der Waals surface area contributed by atoms with Crippen LogP contribution in [0.1, 0.15) is 31.4 Å². The molecule has 4 nitrogen and oxygen atoms in total. The quantitative estimate of drug-likeness (QED) is 0.711.